The highest BCUT2D eigenvalue weighted by molar-refractivity contribution is 6.31. The molecular weight excluding hydrogens is 316 g/mol. The monoisotopic (exact) mass is 329 g/mol. The van der Waals surface area contributed by atoms with E-state index < -0.39 is 12.1 Å². The first-order valence-corrected chi connectivity index (χ1v) is 7.55. The lowest BCUT2D eigenvalue weighted by atomic mass is 10.0. The Hall–Kier alpha value is -2.40. The van der Waals surface area contributed by atoms with Crippen molar-refractivity contribution in [1.82, 2.24) is 4.98 Å². The Bertz CT molecular complexity index is 749. The van der Waals surface area contributed by atoms with Gasteiger partial charge in [0, 0.05) is 17.6 Å². The van der Waals surface area contributed by atoms with Crippen LogP contribution in [0.1, 0.15) is 23.0 Å². The summed E-state index contributed by atoms with van der Waals surface area (Å²) in [7, 11) is 0. The molecule has 0 saturated carbocycles. The molecule has 3 rings (SSSR count). The van der Waals surface area contributed by atoms with E-state index in [0.717, 1.165) is 5.56 Å². The second kappa shape index (κ2) is 6.38. The fraction of sp³-hybridized carbons (Fsp3) is 0.176. The van der Waals surface area contributed by atoms with Gasteiger partial charge in [-0.15, -0.1) is 0 Å². The van der Waals surface area contributed by atoms with Crippen LogP contribution in [-0.4, -0.2) is 29.5 Å². The van der Waals surface area contributed by atoms with Crippen LogP contribution < -0.4 is 4.90 Å². The Labute approximate surface area is 138 Å². The SMILES string of the molecule is CCOC(=O)N1c2cc(Cl)ccc2[CH]C1C(=O)c1ccccn1. The number of hydrogen-bond acceptors (Lipinski definition) is 4. The second-order valence-corrected chi connectivity index (χ2v) is 5.40. The van der Waals surface area contributed by atoms with Gasteiger partial charge in [-0.05, 0) is 36.8 Å². The molecular formula is C17H14ClN2O3. The first kappa shape index (κ1) is 15.5. The van der Waals surface area contributed by atoms with Gasteiger partial charge in [0.2, 0.25) is 5.78 Å². The minimum atomic E-state index is -0.794. The Balaban J connectivity index is 2.00. The molecule has 1 aliphatic heterocycles. The summed E-state index contributed by atoms with van der Waals surface area (Å²) in [5.74, 6) is -0.272. The number of Topliss-reactive ketones (excluding diaryl/α,β-unsaturated/α-hetero) is 1. The third-order valence-corrected chi connectivity index (χ3v) is 3.75. The van der Waals surface area contributed by atoms with Gasteiger partial charge in [0.05, 0.1) is 12.3 Å². The lowest BCUT2D eigenvalue weighted by molar-refractivity contribution is 0.0958. The molecule has 0 spiro atoms. The first-order valence-electron chi connectivity index (χ1n) is 7.17. The number of carbonyl (C=O) groups is 2. The molecule has 2 aromatic rings. The highest BCUT2D eigenvalue weighted by Crippen LogP contribution is 2.37. The summed E-state index contributed by atoms with van der Waals surface area (Å²) in [6.07, 6.45) is 2.68. The number of ether oxygens (including phenoxy) is 1. The smallest absolute Gasteiger partial charge is 0.414 e. The number of anilines is 1. The van der Waals surface area contributed by atoms with Crippen molar-refractivity contribution in [1.29, 1.82) is 0 Å². The fourth-order valence-electron chi connectivity index (χ4n) is 2.52. The molecule has 1 aromatic heterocycles. The molecule has 6 heteroatoms. The van der Waals surface area contributed by atoms with Crippen molar-refractivity contribution in [2.45, 2.75) is 13.0 Å². The van der Waals surface area contributed by atoms with E-state index in [1.165, 1.54) is 4.90 Å². The van der Waals surface area contributed by atoms with Gasteiger partial charge in [-0.25, -0.2) is 4.79 Å². The molecule has 1 aromatic carbocycles. The van der Waals surface area contributed by atoms with Gasteiger partial charge in [0.25, 0.3) is 0 Å². The van der Waals surface area contributed by atoms with Crippen molar-refractivity contribution in [3.8, 4) is 0 Å². The van der Waals surface area contributed by atoms with E-state index >= 15 is 0 Å². The molecule has 1 aliphatic rings. The Kier molecular flexibility index (Phi) is 4.30. The van der Waals surface area contributed by atoms with E-state index in [0.29, 0.717) is 16.4 Å². The zero-order valence-corrected chi connectivity index (χ0v) is 13.2. The van der Waals surface area contributed by atoms with Gasteiger partial charge in [-0.1, -0.05) is 23.7 Å². The Morgan fingerprint density at radius 2 is 2.13 bits per heavy atom. The summed E-state index contributed by atoms with van der Waals surface area (Å²) in [6, 6.07) is 9.42. The number of rotatable bonds is 3. The number of amides is 1. The van der Waals surface area contributed by atoms with E-state index in [4.69, 9.17) is 16.3 Å². The van der Waals surface area contributed by atoms with Crippen LogP contribution in [0.2, 0.25) is 5.02 Å². The fourth-order valence-corrected chi connectivity index (χ4v) is 2.69. The molecule has 1 unspecified atom stereocenters. The molecule has 117 valence electrons. The molecule has 0 bridgehead atoms. The van der Waals surface area contributed by atoms with Gasteiger partial charge in [-0.2, -0.15) is 0 Å². The van der Waals surface area contributed by atoms with E-state index in [1.54, 1.807) is 55.9 Å². The predicted molar refractivity (Wildman–Crippen MR) is 86.7 cm³/mol. The summed E-state index contributed by atoms with van der Waals surface area (Å²) in [5, 5.41) is 0.484. The number of ketones is 1. The van der Waals surface area contributed by atoms with E-state index in [1.807, 2.05) is 0 Å². The van der Waals surface area contributed by atoms with Gasteiger partial charge in [0.1, 0.15) is 11.7 Å². The van der Waals surface area contributed by atoms with Crippen molar-refractivity contribution >= 4 is 29.2 Å². The average molecular weight is 330 g/mol. The topological polar surface area (TPSA) is 59.5 Å². The molecule has 2 heterocycles. The van der Waals surface area contributed by atoms with Crippen LogP contribution in [0.4, 0.5) is 10.5 Å². The third kappa shape index (κ3) is 2.92. The Morgan fingerprint density at radius 3 is 2.83 bits per heavy atom. The zero-order chi connectivity index (χ0) is 16.4. The quantitative estimate of drug-likeness (QED) is 0.808. The average Bonchev–Trinajstić information content (AvgIpc) is 2.93. The number of carbonyl (C=O) groups excluding carboxylic acids is 2. The van der Waals surface area contributed by atoms with Crippen molar-refractivity contribution < 1.29 is 14.3 Å². The van der Waals surface area contributed by atoms with Gasteiger partial charge in [0.15, 0.2) is 0 Å². The Morgan fingerprint density at radius 1 is 1.30 bits per heavy atom. The van der Waals surface area contributed by atoms with Gasteiger partial charge >= 0.3 is 6.09 Å². The molecule has 23 heavy (non-hydrogen) atoms. The van der Waals surface area contributed by atoms with E-state index in [-0.39, 0.29) is 12.4 Å². The minimum Gasteiger partial charge on any atom is -0.449 e. The summed E-state index contributed by atoms with van der Waals surface area (Å²) in [4.78, 5) is 30.5. The van der Waals surface area contributed by atoms with Crippen molar-refractivity contribution in [3.63, 3.8) is 0 Å². The molecule has 1 amide bonds. The summed E-state index contributed by atoms with van der Waals surface area (Å²) in [5.41, 5.74) is 1.61. The third-order valence-electron chi connectivity index (χ3n) is 3.52. The van der Waals surface area contributed by atoms with Crippen molar-refractivity contribution in [3.05, 3.63) is 65.3 Å². The van der Waals surface area contributed by atoms with E-state index in [9.17, 15) is 9.59 Å². The second-order valence-electron chi connectivity index (χ2n) is 4.96. The van der Waals surface area contributed by atoms with Crippen LogP contribution in [-0.2, 0) is 4.74 Å². The molecule has 1 atom stereocenters. The number of fused-ring (bicyclic) bond motifs is 1. The lowest BCUT2D eigenvalue weighted by Crippen LogP contribution is -2.43. The zero-order valence-electron chi connectivity index (χ0n) is 12.4. The van der Waals surface area contributed by atoms with E-state index in [2.05, 4.69) is 4.98 Å². The number of halogens is 1. The van der Waals surface area contributed by atoms with Crippen molar-refractivity contribution in [2.24, 2.45) is 0 Å². The summed E-state index contributed by atoms with van der Waals surface area (Å²) >= 11 is 6.02. The molecule has 1 radical (unpaired) electrons. The lowest BCUT2D eigenvalue weighted by Gasteiger charge is -2.23. The highest BCUT2D eigenvalue weighted by atomic mass is 35.5. The van der Waals surface area contributed by atoms with Crippen LogP contribution in [0, 0.1) is 6.42 Å². The largest absolute Gasteiger partial charge is 0.449 e. The molecule has 0 fully saturated rings. The van der Waals surface area contributed by atoms with Crippen molar-refractivity contribution in [2.75, 3.05) is 11.5 Å². The maximum Gasteiger partial charge on any atom is 0.414 e. The van der Waals surface area contributed by atoms with Gasteiger partial charge < -0.3 is 4.74 Å². The summed E-state index contributed by atoms with van der Waals surface area (Å²) < 4.78 is 5.09. The van der Waals surface area contributed by atoms with Crippen LogP contribution >= 0.6 is 11.6 Å². The molecule has 0 saturated heterocycles. The molecule has 5 nitrogen and oxygen atoms in total. The number of pyridine rings is 1. The first-order chi connectivity index (χ1) is 11.1. The maximum absolute atomic E-state index is 12.7. The van der Waals surface area contributed by atoms with Crippen LogP contribution in [0.15, 0.2) is 42.6 Å². The molecule has 0 aliphatic carbocycles. The number of benzene rings is 1. The van der Waals surface area contributed by atoms with Crippen LogP contribution in [0.5, 0.6) is 0 Å². The molecule has 0 N–H and O–H groups in total. The highest BCUT2D eigenvalue weighted by Gasteiger charge is 2.40. The number of nitrogens with zero attached hydrogens (tertiary/aromatic N) is 2. The number of hydrogen-bond donors (Lipinski definition) is 0. The predicted octanol–water partition coefficient (Wildman–Crippen LogP) is 3.52. The normalized spacial score (nSPS) is 16.1. The standard InChI is InChI=1S/C17H14ClN2O3/c1-2-23-17(22)20-14-10-12(18)7-6-11(14)9-15(20)16(21)13-5-3-4-8-19-13/h3-10,15H,2H2,1H3. The number of aromatic nitrogens is 1. The minimum absolute atomic E-state index is 0.218. The van der Waals surface area contributed by atoms with Crippen LogP contribution in [0.3, 0.4) is 0 Å². The maximum atomic E-state index is 12.7. The summed E-state index contributed by atoms with van der Waals surface area (Å²) in [6.45, 7) is 1.93. The van der Waals surface area contributed by atoms with Gasteiger partial charge in [-0.3, -0.25) is 14.7 Å². The van der Waals surface area contributed by atoms with Crippen LogP contribution in [0.25, 0.3) is 0 Å².